The first-order valence-electron chi connectivity index (χ1n) is 13.7. The molecule has 0 aromatic heterocycles. The van der Waals surface area contributed by atoms with Gasteiger partial charge in [-0.2, -0.15) is 0 Å². The van der Waals surface area contributed by atoms with Crippen molar-refractivity contribution >= 4 is 40.2 Å². The normalized spacial score (nSPS) is 13.6. The number of rotatable bonds is 9. The summed E-state index contributed by atoms with van der Waals surface area (Å²) < 4.78 is 0. The van der Waals surface area contributed by atoms with Crippen LogP contribution < -0.4 is 10.6 Å². The first kappa shape index (κ1) is 26.6. The van der Waals surface area contributed by atoms with Crippen LogP contribution in [-0.4, -0.2) is 10.8 Å². The highest BCUT2D eigenvalue weighted by Gasteiger charge is 2.28. The topological polar surface area (TPSA) is 44.4 Å². The molecule has 1 amide bonds. The molecule has 5 heteroatoms. The van der Waals surface area contributed by atoms with Crippen molar-refractivity contribution in [3.63, 3.8) is 0 Å². The Balaban J connectivity index is 1.27. The fourth-order valence-electron chi connectivity index (χ4n) is 5.22. The Bertz CT molecular complexity index is 1630. The zero-order valence-electron chi connectivity index (χ0n) is 22.6. The van der Waals surface area contributed by atoms with Gasteiger partial charge in [-0.15, -0.1) is 0 Å². The number of carbonyl (C=O) groups excluding carboxylic acids is 1. The van der Waals surface area contributed by atoms with Crippen molar-refractivity contribution in [2.24, 2.45) is 0 Å². The van der Waals surface area contributed by atoms with Crippen molar-refractivity contribution in [1.82, 2.24) is 4.90 Å². The second-order valence-electron chi connectivity index (χ2n) is 10.2. The predicted octanol–water partition coefficient (Wildman–Crippen LogP) is 8.47. The molecule has 0 saturated carbocycles. The number of amides is 1. The molecule has 0 spiro atoms. The van der Waals surface area contributed by atoms with Gasteiger partial charge in [0, 0.05) is 35.9 Å². The van der Waals surface area contributed by atoms with E-state index in [0.717, 1.165) is 47.8 Å². The Morgan fingerprint density at radius 2 is 1.20 bits per heavy atom. The molecule has 1 heterocycles. The van der Waals surface area contributed by atoms with E-state index in [4.69, 9.17) is 11.6 Å². The number of carbonyl (C=O) groups is 1. The average molecular weight is 556 g/mol. The number of anilines is 2. The molecule has 4 nitrogen and oxygen atoms in total. The van der Waals surface area contributed by atoms with Crippen LogP contribution in [0.2, 0.25) is 5.02 Å². The highest BCUT2D eigenvalue weighted by Crippen LogP contribution is 2.38. The van der Waals surface area contributed by atoms with E-state index < -0.39 is 0 Å². The van der Waals surface area contributed by atoms with Crippen LogP contribution >= 0.6 is 11.6 Å². The van der Waals surface area contributed by atoms with Crippen molar-refractivity contribution in [3.8, 4) is 0 Å². The van der Waals surface area contributed by atoms with E-state index in [-0.39, 0.29) is 5.91 Å². The van der Waals surface area contributed by atoms with Gasteiger partial charge in [0.1, 0.15) is 0 Å². The second kappa shape index (κ2) is 12.3. The third kappa shape index (κ3) is 6.41. The molecule has 0 radical (unpaired) electrons. The second-order valence-corrected chi connectivity index (χ2v) is 10.6. The smallest absolute Gasteiger partial charge is 0.258 e. The fraction of sp³-hybridized carbons (Fsp3) is 0.0833. The molecule has 1 aliphatic rings. The van der Waals surface area contributed by atoms with Gasteiger partial charge in [0.25, 0.3) is 5.91 Å². The lowest BCUT2D eigenvalue weighted by atomic mass is 10.00. The molecule has 0 bridgehead atoms. The number of benzene rings is 5. The van der Waals surface area contributed by atoms with Gasteiger partial charge >= 0.3 is 0 Å². The summed E-state index contributed by atoms with van der Waals surface area (Å²) in [6, 6.07) is 45.1. The standard InChI is InChI=1S/C36H30ClN3O/c37-30-18-21-32-33(22-30)39-36(41)34(32)35(29-14-8-3-9-15-29)38-31-19-16-28(17-20-31)25-40(23-26-10-4-1-5-11-26)24-27-12-6-2-7-13-27/h1-22,38H,23-25H2,(H,39,41). The Kier molecular flexibility index (Phi) is 7.94. The Labute approximate surface area is 245 Å². The molecule has 0 unspecified atom stereocenters. The van der Waals surface area contributed by atoms with Crippen LogP contribution in [0.3, 0.4) is 0 Å². The third-order valence-electron chi connectivity index (χ3n) is 7.17. The minimum Gasteiger partial charge on any atom is -0.354 e. The quantitative estimate of drug-likeness (QED) is 0.179. The van der Waals surface area contributed by atoms with Gasteiger partial charge in [0.15, 0.2) is 0 Å². The minimum atomic E-state index is -0.150. The first-order chi connectivity index (χ1) is 20.1. The summed E-state index contributed by atoms with van der Waals surface area (Å²) in [6.07, 6.45) is 0. The average Bonchev–Trinajstić information content (AvgIpc) is 3.32. The SMILES string of the molecule is O=C1Nc2cc(Cl)ccc2C1=C(Nc1ccc(CN(Cc2ccccc2)Cc2ccccc2)cc1)c1ccccc1. The van der Waals surface area contributed by atoms with Crippen molar-refractivity contribution in [1.29, 1.82) is 0 Å². The van der Waals surface area contributed by atoms with Gasteiger partial charge in [-0.1, -0.05) is 121 Å². The summed E-state index contributed by atoms with van der Waals surface area (Å²) >= 11 is 6.20. The van der Waals surface area contributed by atoms with Gasteiger partial charge < -0.3 is 10.6 Å². The maximum Gasteiger partial charge on any atom is 0.258 e. The summed E-state index contributed by atoms with van der Waals surface area (Å²) in [5.41, 5.74) is 8.55. The van der Waals surface area contributed by atoms with E-state index in [1.807, 2.05) is 42.5 Å². The third-order valence-corrected chi connectivity index (χ3v) is 7.40. The molecule has 6 rings (SSSR count). The van der Waals surface area contributed by atoms with Crippen molar-refractivity contribution in [2.75, 3.05) is 10.6 Å². The van der Waals surface area contributed by atoms with Crippen LogP contribution in [0.4, 0.5) is 11.4 Å². The highest BCUT2D eigenvalue weighted by atomic mass is 35.5. The lowest BCUT2D eigenvalue weighted by Gasteiger charge is -2.23. The zero-order chi connectivity index (χ0) is 28.0. The van der Waals surface area contributed by atoms with E-state index >= 15 is 0 Å². The van der Waals surface area contributed by atoms with E-state index in [2.05, 4.69) is 100 Å². The van der Waals surface area contributed by atoms with Gasteiger partial charge in [-0.25, -0.2) is 0 Å². The van der Waals surface area contributed by atoms with Gasteiger partial charge in [0.2, 0.25) is 0 Å². The Hall–Kier alpha value is -4.64. The predicted molar refractivity (Wildman–Crippen MR) is 169 cm³/mol. The number of nitrogens with zero attached hydrogens (tertiary/aromatic N) is 1. The molecule has 0 fully saturated rings. The summed E-state index contributed by atoms with van der Waals surface area (Å²) in [5, 5.41) is 7.11. The number of fused-ring (bicyclic) bond motifs is 1. The van der Waals surface area contributed by atoms with Crippen LogP contribution in [0.25, 0.3) is 11.3 Å². The molecule has 5 aromatic carbocycles. The van der Waals surface area contributed by atoms with E-state index in [1.54, 1.807) is 6.07 Å². The van der Waals surface area contributed by atoms with E-state index in [1.165, 1.54) is 16.7 Å². The van der Waals surface area contributed by atoms with Gasteiger partial charge in [-0.05, 0) is 46.5 Å². The molecule has 1 aliphatic heterocycles. The molecule has 41 heavy (non-hydrogen) atoms. The van der Waals surface area contributed by atoms with Crippen LogP contribution in [0.5, 0.6) is 0 Å². The lowest BCUT2D eigenvalue weighted by Crippen LogP contribution is -2.22. The van der Waals surface area contributed by atoms with Crippen LogP contribution in [-0.2, 0) is 24.4 Å². The molecule has 2 N–H and O–H groups in total. The monoisotopic (exact) mass is 555 g/mol. The number of nitrogens with one attached hydrogen (secondary N) is 2. The molecule has 0 atom stereocenters. The maximum atomic E-state index is 13.2. The van der Waals surface area contributed by atoms with Crippen molar-refractivity contribution in [2.45, 2.75) is 19.6 Å². The molecule has 5 aromatic rings. The first-order valence-corrected chi connectivity index (χ1v) is 14.1. The van der Waals surface area contributed by atoms with Crippen molar-refractivity contribution < 1.29 is 4.79 Å². The van der Waals surface area contributed by atoms with Crippen LogP contribution in [0.15, 0.2) is 133 Å². The number of hydrogen-bond acceptors (Lipinski definition) is 3. The highest BCUT2D eigenvalue weighted by molar-refractivity contribution is 6.38. The van der Waals surface area contributed by atoms with E-state index in [0.29, 0.717) is 10.6 Å². The molecular weight excluding hydrogens is 526 g/mol. The number of halogens is 1. The number of hydrogen-bond donors (Lipinski definition) is 2. The summed E-state index contributed by atoms with van der Waals surface area (Å²) in [7, 11) is 0. The Morgan fingerprint density at radius 3 is 1.78 bits per heavy atom. The van der Waals surface area contributed by atoms with Crippen LogP contribution in [0.1, 0.15) is 27.8 Å². The molecular formula is C36H30ClN3O. The fourth-order valence-corrected chi connectivity index (χ4v) is 5.40. The molecule has 202 valence electrons. The Morgan fingerprint density at radius 1 is 0.659 bits per heavy atom. The van der Waals surface area contributed by atoms with Crippen molar-refractivity contribution in [3.05, 3.63) is 166 Å². The lowest BCUT2D eigenvalue weighted by molar-refractivity contribution is -0.110. The largest absolute Gasteiger partial charge is 0.354 e. The maximum absolute atomic E-state index is 13.2. The zero-order valence-corrected chi connectivity index (χ0v) is 23.3. The summed E-state index contributed by atoms with van der Waals surface area (Å²) in [4.78, 5) is 15.6. The van der Waals surface area contributed by atoms with Gasteiger partial charge in [-0.3, -0.25) is 9.69 Å². The van der Waals surface area contributed by atoms with E-state index in [9.17, 15) is 4.79 Å². The summed E-state index contributed by atoms with van der Waals surface area (Å²) in [6.45, 7) is 2.53. The molecule has 0 aliphatic carbocycles. The minimum absolute atomic E-state index is 0.150. The van der Waals surface area contributed by atoms with Gasteiger partial charge in [0.05, 0.1) is 17.0 Å². The van der Waals surface area contributed by atoms with Crippen LogP contribution in [0, 0.1) is 0 Å². The molecule has 0 saturated heterocycles. The summed E-state index contributed by atoms with van der Waals surface area (Å²) in [5.74, 6) is -0.150.